The topological polar surface area (TPSA) is 64.2 Å². The molecule has 4 heterocycles. The minimum Gasteiger partial charge on any atom is -0.355 e. The monoisotopic (exact) mass is 394 g/mol. The average Bonchev–Trinajstić information content (AvgIpc) is 3.36. The molecule has 0 atom stereocenters. The quantitative estimate of drug-likeness (QED) is 0.677. The molecule has 1 amide bonds. The first-order valence-electron chi connectivity index (χ1n) is 7.81. The van der Waals surface area contributed by atoms with E-state index in [1.54, 1.807) is 16.9 Å². The number of thiophene rings is 1. The number of carbonyl (C=O) groups excluding carboxylic acids is 1. The van der Waals surface area contributed by atoms with Crippen molar-refractivity contribution in [2.75, 3.05) is 24.6 Å². The predicted molar refractivity (Wildman–Crippen MR) is 99.4 cm³/mol. The van der Waals surface area contributed by atoms with Gasteiger partial charge in [-0.3, -0.25) is 9.48 Å². The van der Waals surface area contributed by atoms with Crippen molar-refractivity contribution in [1.82, 2.24) is 19.8 Å². The van der Waals surface area contributed by atoms with E-state index in [9.17, 15) is 4.79 Å². The summed E-state index contributed by atoms with van der Waals surface area (Å²) in [5, 5.41) is 8.37. The van der Waals surface area contributed by atoms with E-state index >= 15 is 0 Å². The summed E-state index contributed by atoms with van der Waals surface area (Å²) in [6.07, 6.45) is 1.64. The fourth-order valence-corrected chi connectivity index (χ4v) is 4.57. The first kappa shape index (κ1) is 16.7. The highest BCUT2D eigenvalue weighted by Crippen LogP contribution is 2.31. The summed E-state index contributed by atoms with van der Waals surface area (Å²) in [7, 11) is 0. The molecule has 0 unspecified atom stereocenters. The summed E-state index contributed by atoms with van der Waals surface area (Å²) >= 11 is 9.27. The molecule has 0 saturated carbocycles. The van der Waals surface area contributed by atoms with Gasteiger partial charge in [0.1, 0.15) is 11.4 Å². The van der Waals surface area contributed by atoms with Crippen molar-refractivity contribution in [1.29, 1.82) is 0 Å². The van der Waals surface area contributed by atoms with Crippen LogP contribution in [0.3, 0.4) is 0 Å². The average molecular weight is 395 g/mol. The Morgan fingerprint density at radius 1 is 1.28 bits per heavy atom. The Kier molecular flexibility index (Phi) is 4.82. The van der Waals surface area contributed by atoms with Crippen molar-refractivity contribution in [3.05, 3.63) is 46.2 Å². The van der Waals surface area contributed by atoms with Crippen LogP contribution in [0.15, 0.2) is 35.0 Å². The molecule has 3 aromatic rings. The molecule has 6 nitrogen and oxygen atoms in total. The molecular weight excluding hydrogens is 380 g/mol. The largest absolute Gasteiger partial charge is 0.355 e. The Morgan fingerprint density at radius 3 is 2.88 bits per heavy atom. The Balaban J connectivity index is 1.51. The highest BCUT2D eigenvalue weighted by atomic mass is 35.5. The van der Waals surface area contributed by atoms with Crippen LogP contribution in [0.4, 0.5) is 0 Å². The summed E-state index contributed by atoms with van der Waals surface area (Å²) in [6, 6.07) is 7.33. The minimum absolute atomic E-state index is 0.0200. The van der Waals surface area contributed by atoms with Gasteiger partial charge in [-0.1, -0.05) is 16.8 Å². The number of nitrogens with zero attached hydrogens (tertiary/aromatic N) is 4. The fourth-order valence-electron chi connectivity index (χ4n) is 2.67. The van der Waals surface area contributed by atoms with Crippen molar-refractivity contribution in [2.45, 2.75) is 6.54 Å². The first-order valence-corrected chi connectivity index (χ1v) is 10.2. The van der Waals surface area contributed by atoms with E-state index in [4.69, 9.17) is 16.1 Å². The van der Waals surface area contributed by atoms with Crippen molar-refractivity contribution in [3.63, 3.8) is 0 Å². The zero-order chi connectivity index (χ0) is 17.2. The predicted octanol–water partition coefficient (Wildman–Crippen LogP) is 3.49. The Bertz CT molecular complexity index is 882. The van der Waals surface area contributed by atoms with Gasteiger partial charge in [-0.15, -0.1) is 11.3 Å². The zero-order valence-electron chi connectivity index (χ0n) is 13.2. The molecule has 4 rings (SSSR count). The van der Waals surface area contributed by atoms with Crippen LogP contribution in [0.5, 0.6) is 0 Å². The lowest BCUT2D eigenvalue weighted by Crippen LogP contribution is -2.39. The van der Waals surface area contributed by atoms with Gasteiger partial charge in [0.15, 0.2) is 5.76 Å². The van der Waals surface area contributed by atoms with E-state index in [1.807, 2.05) is 34.9 Å². The van der Waals surface area contributed by atoms with Crippen LogP contribution < -0.4 is 0 Å². The third kappa shape index (κ3) is 3.61. The summed E-state index contributed by atoms with van der Waals surface area (Å²) in [5.41, 5.74) is 1.29. The number of hydrogen-bond donors (Lipinski definition) is 0. The standard InChI is InChI=1S/C16H15ClN4O2S2/c17-15-2-1-14(25-15)13-9-11(19-23-13)10-21-12(3-4-18-21)16(22)20-5-7-24-8-6-20/h1-4,9H,5-8,10H2. The van der Waals surface area contributed by atoms with Gasteiger partial charge >= 0.3 is 0 Å². The van der Waals surface area contributed by atoms with Crippen LogP contribution >= 0.6 is 34.7 Å². The SMILES string of the molecule is O=C(c1ccnn1Cc1cc(-c2ccc(Cl)s2)on1)N1CCSCC1. The number of thioether (sulfide) groups is 1. The van der Waals surface area contributed by atoms with E-state index in [1.165, 1.54) is 11.3 Å². The minimum atomic E-state index is 0.0200. The maximum absolute atomic E-state index is 12.7. The maximum atomic E-state index is 12.7. The zero-order valence-corrected chi connectivity index (χ0v) is 15.6. The number of carbonyl (C=O) groups is 1. The van der Waals surface area contributed by atoms with Crippen LogP contribution in [0, 0.1) is 0 Å². The fraction of sp³-hybridized carbons (Fsp3) is 0.312. The highest BCUT2D eigenvalue weighted by Gasteiger charge is 2.22. The lowest BCUT2D eigenvalue weighted by atomic mass is 10.3. The van der Waals surface area contributed by atoms with Gasteiger partial charge in [0.25, 0.3) is 5.91 Å². The lowest BCUT2D eigenvalue weighted by Gasteiger charge is -2.26. The lowest BCUT2D eigenvalue weighted by molar-refractivity contribution is 0.0760. The molecule has 130 valence electrons. The number of aromatic nitrogens is 3. The van der Waals surface area contributed by atoms with E-state index in [2.05, 4.69) is 10.3 Å². The molecule has 1 aliphatic rings. The summed E-state index contributed by atoms with van der Waals surface area (Å²) < 4.78 is 7.77. The van der Waals surface area contributed by atoms with E-state index in [0.717, 1.165) is 29.5 Å². The molecule has 0 aliphatic carbocycles. The Morgan fingerprint density at radius 2 is 2.12 bits per heavy atom. The van der Waals surface area contributed by atoms with Crippen molar-refractivity contribution < 1.29 is 9.32 Å². The van der Waals surface area contributed by atoms with Gasteiger partial charge in [0.05, 0.1) is 15.8 Å². The van der Waals surface area contributed by atoms with Crippen molar-refractivity contribution in [2.24, 2.45) is 0 Å². The molecule has 1 fully saturated rings. The molecule has 0 radical (unpaired) electrons. The maximum Gasteiger partial charge on any atom is 0.272 e. The normalized spacial score (nSPS) is 14.8. The van der Waals surface area contributed by atoms with E-state index in [0.29, 0.717) is 28.0 Å². The summed E-state index contributed by atoms with van der Waals surface area (Å²) in [5.74, 6) is 2.65. The second-order valence-corrected chi connectivity index (χ2v) is 8.50. The van der Waals surface area contributed by atoms with E-state index < -0.39 is 0 Å². The Labute approximate surface area is 157 Å². The molecule has 3 aromatic heterocycles. The smallest absolute Gasteiger partial charge is 0.272 e. The van der Waals surface area contributed by atoms with Gasteiger partial charge in [-0.05, 0) is 18.2 Å². The number of amides is 1. The van der Waals surface area contributed by atoms with Crippen molar-refractivity contribution >= 4 is 40.6 Å². The highest BCUT2D eigenvalue weighted by molar-refractivity contribution is 7.99. The molecule has 25 heavy (non-hydrogen) atoms. The second kappa shape index (κ2) is 7.23. The molecule has 0 aromatic carbocycles. The Hall–Kier alpha value is -1.77. The number of hydrogen-bond acceptors (Lipinski definition) is 6. The third-order valence-corrected chi connectivity index (χ3v) is 6.11. The summed E-state index contributed by atoms with van der Waals surface area (Å²) in [4.78, 5) is 15.5. The van der Waals surface area contributed by atoms with Crippen LogP contribution in [-0.2, 0) is 6.54 Å². The summed E-state index contributed by atoms with van der Waals surface area (Å²) in [6.45, 7) is 1.95. The molecular formula is C16H15ClN4O2S2. The second-order valence-electron chi connectivity index (χ2n) is 5.56. The van der Waals surface area contributed by atoms with E-state index in [-0.39, 0.29) is 5.91 Å². The molecule has 0 spiro atoms. The number of rotatable bonds is 4. The molecule has 0 N–H and O–H groups in total. The third-order valence-electron chi connectivity index (χ3n) is 3.92. The first-order chi connectivity index (χ1) is 12.2. The van der Waals surface area contributed by atoms with Crippen LogP contribution in [-0.4, -0.2) is 50.3 Å². The molecule has 0 bridgehead atoms. The van der Waals surface area contributed by atoms with Gasteiger partial charge in [-0.2, -0.15) is 16.9 Å². The van der Waals surface area contributed by atoms with Gasteiger partial charge in [0, 0.05) is 36.9 Å². The molecule has 9 heteroatoms. The van der Waals surface area contributed by atoms with Crippen LogP contribution in [0.1, 0.15) is 16.2 Å². The van der Waals surface area contributed by atoms with Crippen LogP contribution in [0.2, 0.25) is 4.34 Å². The van der Waals surface area contributed by atoms with Crippen LogP contribution in [0.25, 0.3) is 10.6 Å². The van der Waals surface area contributed by atoms with Gasteiger partial charge < -0.3 is 9.42 Å². The number of halogens is 1. The van der Waals surface area contributed by atoms with Gasteiger partial charge in [0.2, 0.25) is 0 Å². The molecule has 1 aliphatic heterocycles. The molecule has 1 saturated heterocycles. The van der Waals surface area contributed by atoms with Crippen molar-refractivity contribution in [3.8, 4) is 10.6 Å². The van der Waals surface area contributed by atoms with Gasteiger partial charge in [-0.25, -0.2) is 0 Å².